The standard InChI is InChI=1S/C21H25ClN2O5S/c1-21(2,3)13-6-8-18-16(10-13)24(30(5,26)27)12-19(29-18)20(25)23-14-7-9-17(28-4)15(22)11-14/h6-11,19H,12H2,1-5H3,(H,23,25). The molecule has 1 atom stereocenters. The molecule has 1 heterocycles. The first-order valence-electron chi connectivity index (χ1n) is 9.33. The van der Waals surface area contributed by atoms with Crippen LogP contribution in [0.25, 0.3) is 0 Å². The van der Waals surface area contributed by atoms with Crippen molar-refractivity contribution in [3.8, 4) is 11.5 Å². The molecule has 0 saturated heterocycles. The number of anilines is 2. The average Bonchev–Trinajstić information content (AvgIpc) is 2.65. The van der Waals surface area contributed by atoms with Crippen LogP contribution in [0.15, 0.2) is 36.4 Å². The number of amides is 1. The molecule has 1 unspecified atom stereocenters. The number of carbonyl (C=O) groups excluding carboxylic acids is 1. The molecule has 7 nitrogen and oxygen atoms in total. The Hall–Kier alpha value is -2.45. The van der Waals surface area contributed by atoms with Crippen molar-refractivity contribution in [3.63, 3.8) is 0 Å². The average molecular weight is 453 g/mol. The Morgan fingerprint density at radius 3 is 2.50 bits per heavy atom. The molecule has 162 valence electrons. The van der Waals surface area contributed by atoms with Crippen LogP contribution in [-0.2, 0) is 20.2 Å². The zero-order chi connectivity index (χ0) is 22.3. The van der Waals surface area contributed by atoms with Gasteiger partial charge in [-0.1, -0.05) is 38.4 Å². The number of methoxy groups -OCH3 is 1. The first-order chi connectivity index (χ1) is 13.9. The molecule has 2 aromatic rings. The van der Waals surface area contributed by atoms with E-state index in [2.05, 4.69) is 5.32 Å². The van der Waals surface area contributed by atoms with Crippen LogP contribution in [0.4, 0.5) is 11.4 Å². The summed E-state index contributed by atoms with van der Waals surface area (Å²) in [5, 5.41) is 3.06. The summed E-state index contributed by atoms with van der Waals surface area (Å²) < 4.78 is 37.1. The number of ether oxygens (including phenoxy) is 2. The number of carbonyl (C=O) groups is 1. The summed E-state index contributed by atoms with van der Waals surface area (Å²) in [7, 11) is -2.12. The second-order valence-electron chi connectivity index (χ2n) is 8.17. The second kappa shape index (κ2) is 8.00. The second-order valence-corrected chi connectivity index (χ2v) is 10.5. The third-order valence-corrected chi connectivity index (χ3v) is 6.25. The highest BCUT2D eigenvalue weighted by molar-refractivity contribution is 7.92. The molecule has 0 saturated carbocycles. The van der Waals surface area contributed by atoms with E-state index in [1.807, 2.05) is 26.8 Å². The van der Waals surface area contributed by atoms with Crippen LogP contribution >= 0.6 is 11.6 Å². The molecular formula is C21H25ClN2O5S. The highest BCUT2D eigenvalue weighted by Crippen LogP contribution is 2.38. The zero-order valence-electron chi connectivity index (χ0n) is 17.5. The fourth-order valence-corrected chi connectivity index (χ4v) is 4.30. The van der Waals surface area contributed by atoms with Crippen LogP contribution in [0, 0.1) is 0 Å². The lowest BCUT2D eigenvalue weighted by Crippen LogP contribution is -2.48. The molecule has 1 aliphatic rings. The first kappa shape index (κ1) is 22.2. The van der Waals surface area contributed by atoms with E-state index in [9.17, 15) is 13.2 Å². The molecule has 0 aromatic heterocycles. The molecule has 1 amide bonds. The molecule has 0 radical (unpaired) electrons. The molecule has 3 rings (SSSR count). The van der Waals surface area contributed by atoms with Gasteiger partial charge in [0.15, 0.2) is 6.10 Å². The molecule has 0 aliphatic carbocycles. The first-order valence-corrected chi connectivity index (χ1v) is 11.6. The van der Waals surface area contributed by atoms with Crippen molar-refractivity contribution in [2.75, 3.05) is 29.5 Å². The minimum absolute atomic E-state index is 0.130. The van der Waals surface area contributed by atoms with Crippen LogP contribution in [0.2, 0.25) is 5.02 Å². The third-order valence-electron chi connectivity index (χ3n) is 4.81. The summed E-state index contributed by atoms with van der Waals surface area (Å²) in [4.78, 5) is 12.8. The van der Waals surface area contributed by atoms with Gasteiger partial charge in [-0.3, -0.25) is 9.10 Å². The molecule has 0 fully saturated rings. The normalized spacial score (nSPS) is 16.5. The minimum atomic E-state index is -3.62. The van der Waals surface area contributed by atoms with E-state index in [4.69, 9.17) is 21.1 Å². The van der Waals surface area contributed by atoms with Gasteiger partial charge in [-0.15, -0.1) is 0 Å². The van der Waals surface area contributed by atoms with Gasteiger partial charge in [-0.05, 0) is 41.3 Å². The van der Waals surface area contributed by atoms with Gasteiger partial charge >= 0.3 is 0 Å². The number of benzene rings is 2. The SMILES string of the molecule is COc1ccc(NC(=O)C2CN(S(C)(=O)=O)c3cc(C(C)(C)C)ccc3O2)cc1Cl. The predicted molar refractivity (Wildman–Crippen MR) is 118 cm³/mol. The van der Waals surface area contributed by atoms with Crippen molar-refractivity contribution in [3.05, 3.63) is 47.0 Å². The van der Waals surface area contributed by atoms with Gasteiger partial charge in [0.25, 0.3) is 5.91 Å². The Bertz CT molecular complexity index is 1080. The summed E-state index contributed by atoms with van der Waals surface area (Å²) in [6, 6.07) is 10.2. The Balaban J connectivity index is 1.90. The number of rotatable bonds is 4. The molecule has 30 heavy (non-hydrogen) atoms. The van der Waals surface area contributed by atoms with Crippen molar-refractivity contribution in [2.45, 2.75) is 32.3 Å². The minimum Gasteiger partial charge on any atom is -0.495 e. The summed E-state index contributed by atoms with van der Waals surface area (Å²) in [6.07, 6.45) is 0.0953. The van der Waals surface area contributed by atoms with Gasteiger partial charge in [0.1, 0.15) is 11.5 Å². The van der Waals surface area contributed by atoms with Crippen LogP contribution in [0.3, 0.4) is 0 Å². The van der Waals surface area contributed by atoms with Crippen LogP contribution in [0.5, 0.6) is 11.5 Å². The van der Waals surface area contributed by atoms with Crippen molar-refractivity contribution >= 4 is 38.9 Å². The molecule has 2 aromatic carbocycles. The summed E-state index contributed by atoms with van der Waals surface area (Å²) in [5.74, 6) is 0.346. The summed E-state index contributed by atoms with van der Waals surface area (Å²) >= 11 is 6.11. The highest BCUT2D eigenvalue weighted by atomic mass is 35.5. The smallest absolute Gasteiger partial charge is 0.267 e. The Labute approximate surface area is 182 Å². The Morgan fingerprint density at radius 1 is 1.23 bits per heavy atom. The van der Waals surface area contributed by atoms with E-state index in [-0.39, 0.29) is 12.0 Å². The monoisotopic (exact) mass is 452 g/mol. The highest BCUT2D eigenvalue weighted by Gasteiger charge is 2.36. The Kier molecular flexibility index (Phi) is 5.93. The number of nitrogens with one attached hydrogen (secondary N) is 1. The van der Waals surface area contributed by atoms with Crippen LogP contribution in [-0.4, -0.2) is 40.3 Å². The van der Waals surface area contributed by atoms with E-state index in [0.29, 0.717) is 27.9 Å². The Morgan fingerprint density at radius 2 is 1.93 bits per heavy atom. The zero-order valence-corrected chi connectivity index (χ0v) is 19.1. The number of nitrogens with zero attached hydrogens (tertiary/aromatic N) is 1. The van der Waals surface area contributed by atoms with Gasteiger partial charge in [0, 0.05) is 5.69 Å². The van der Waals surface area contributed by atoms with Crippen molar-refractivity contribution < 1.29 is 22.7 Å². The molecule has 0 bridgehead atoms. The molecular weight excluding hydrogens is 428 g/mol. The van der Waals surface area contributed by atoms with Gasteiger partial charge in [0.05, 0.1) is 30.6 Å². The van der Waals surface area contributed by atoms with Crippen LogP contribution < -0.4 is 19.1 Å². The maximum Gasteiger partial charge on any atom is 0.267 e. The lowest BCUT2D eigenvalue weighted by atomic mass is 9.86. The van der Waals surface area contributed by atoms with E-state index < -0.39 is 22.0 Å². The lowest BCUT2D eigenvalue weighted by Gasteiger charge is -2.35. The van der Waals surface area contributed by atoms with Gasteiger partial charge in [-0.2, -0.15) is 0 Å². The molecule has 1 aliphatic heterocycles. The largest absolute Gasteiger partial charge is 0.495 e. The van der Waals surface area contributed by atoms with Crippen molar-refractivity contribution in [1.29, 1.82) is 0 Å². The van der Waals surface area contributed by atoms with E-state index in [0.717, 1.165) is 11.8 Å². The third kappa shape index (κ3) is 4.65. The van der Waals surface area contributed by atoms with Crippen molar-refractivity contribution in [2.24, 2.45) is 0 Å². The van der Waals surface area contributed by atoms with E-state index in [1.165, 1.54) is 11.4 Å². The fourth-order valence-electron chi connectivity index (χ4n) is 3.14. The molecule has 9 heteroatoms. The van der Waals surface area contributed by atoms with E-state index in [1.54, 1.807) is 30.3 Å². The summed E-state index contributed by atoms with van der Waals surface area (Å²) in [5.41, 5.74) is 1.69. The van der Waals surface area contributed by atoms with Gasteiger partial charge < -0.3 is 14.8 Å². The topological polar surface area (TPSA) is 84.9 Å². The summed E-state index contributed by atoms with van der Waals surface area (Å²) in [6.45, 7) is 5.99. The fraction of sp³-hybridized carbons (Fsp3) is 0.381. The maximum absolute atomic E-state index is 12.8. The number of hydrogen-bond acceptors (Lipinski definition) is 5. The van der Waals surface area contributed by atoms with Crippen molar-refractivity contribution in [1.82, 2.24) is 0 Å². The lowest BCUT2D eigenvalue weighted by molar-refractivity contribution is -0.122. The van der Waals surface area contributed by atoms with Gasteiger partial charge in [-0.25, -0.2) is 8.42 Å². The van der Waals surface area contributed by atoms with Gasteiger partial charge in [0.2, 0.25) is 10.0 Å². The molecule has 0 spiro atoms. The quantitative estimate of drug-likeness (QED) is 0.762. The predicted octanol–water partition coefficient (Wildman–Crippen LogP) is 3.81. The number of fused-ring (bicyclic) bond motifs is 1. The van der Waals surface area contributed by atoms with Crippen LogP contribution in [0.1, 0.15) is 26.3 Å². The number of hydrogen-bond donors (Lipinski definition) is 1. The number of halogens is 1. The van der Waals surface area contributed by atoms with E-state index >= 15 is 0 Å². The number of sulfonamides is 1. The maximum atomic E-state index is 12.8. The molecule has 1 N–H and O–H groups in total.